The SMILES string of the molecule is CC(C)[C@@H]1OCC(O)(CO[C@@H]2OC(CO)[C@@H](O)[C@H](O)C2O)[C@@H]1O. The van der Waals surface area contributed by atoms with E-state index in [1.807, 2.05) is 13.8 Å². The van der Waals surface area contributed by atoms with Crippen LogP contribution in [0.3, 0.4) is 0 Å². The second kappa shape index (κ2) is 7.26. The summed E-state index contributed by atoms with van der Waals surface area (Å²) >= 11 is 0. The fraction of sp³-hybridized carbons (Fsp3) is 1.00. The lowest BCUT2D eigenvalue weighted by atomic mass is 9.92. The summed E-state index contributed by atoms with van der Waals surface area (Å²) in [4.78, 5) is 0. The van der Waals surface area contributed by atoms with Crippen molar-refractivity contribution in [2.75, 3.05) is 19.8 Å². The molecule has 3 unspecified atom stereocenters. The van der Waals surface area contributed by atoms with Crippen LogP contribution in [0.2, 0.25) is 0 Å². The Kier molecular flexibility index (Phi) is 5.99. The molecule has 9 nitrogen and oxygen atoms in total. The molecule has 23 heavy (non-hydrogen) atoms. The van der Waals surface area contributed by atoms with Gasteiger partial charge in [-0.2, -0.15) is 0 Å². The van der Waals surface area contributed by atoms with Crippen LogP contribution in [0.25, 0.3) is 0 Å². The molecule has 0 aromatic carbocycles. The van der Waals surface area contributed by atoms with E-state index < -0.39 is 61.7 Å². The van der Waals surface area contributed by atoms with Crippen molar-refractivity contribution in [3.63, 3.8) is 0 Å². The topological polar surface area (TPSA) is 149 Å². The Morgan fingerprint density at radius 1 is 1.13 bits per heavy atom. The molecule has 0 aliphatic carbocycles. The van der Waals surface area contributed by atoms with E-state index in [4.69, 9.17) is 19.3 Å². The molecule has 0 amide bonds. The first-order valence-electron chi connectivity index (χ1n) is 7.65. The maximum Gasteiger partial charge on any atom is 0.186 e. The Bertz CT molecular complexity index is 390. The number of hydrogen-bond acceptors (Lipinski definition) is 9. The van der Waals surface area contributed by atoms with Crippen molar-refractivity contribution in [3.8, 4) is 0 Å². The summed E-state index contributed by atoms with van der Waals surface area (Å²) in [5.41, 5.74) is -1.67. The predicted octanol–water partition coefficient (Wildman–Crippen LogP) is -3.05. The van der Waals surface area contributed by atoms with Gasteiger partial charge in [-0.1, -0.05) is 13.8 Å². The quantitative estimate of drug-likeness (QED) is 0.307. The van der Waals surface area contributed by atoms with E-state index in [0.717, 1.165) is 0 Å². The first kappa shape index (κ1) is 19.0. The molecule has 0 radical (unpaired) electrons. The van der Waals surface area contributed by atoms with Gasteiger partial charge in [0.25, 0.3) is 0 Å². The van der Waals surface area contributed by atoms with Crippen LogP contribution in [0.1, 0.15) is 13.8 Å². The average molecular weight is 338 g/mol. The van der Waals surface area contributed by atoms with Gasteiger partial charge in [-0.15, -0.1) is 0 Å². The Balaban J connectivity index is 1.97. The normalized spacial score (nSPS) is 48.1. The summed E-state index contributed by atoms with van der Waals surface area (Å²) in [6.07, 6.45) is -8.78. The highest BCUT2D eigenvalue weighted by atomic mass is 16.7. The molecule has 2 fully saturated rings. The van der Waals surface area contributed by atoms with Crippen LogP contribution in [0.15, 0.2) is 0 Å². The van der Waals surface area contributed by atoms with Gasteiger partial charge in [0, 0.05) is 0 Å². The Labute approximate surface area is 134 Å². The van der Waals surface area contributed by atoms with Crippen LogP contribution in [0.4, 0.5) is 0 Å². The van der Waals surface area contributed by atoms with Gasteiger partial charge in [-0.3, -0.25) is 0 Å². The van der Waals surface area contributed by atoms with Crippen molar-refractivity contribution in [1.82, 2.24) is 0 Å². The number of rotatable bonds is 5. The highest BCUT2D eigenvalue weighted by Crippen LogP contribution is 2.31. The number of aliphatic hydroxyl groups excluding tert-OH is 5. The Morgan fingerprint density at radius 2 is 1.78 bits per heavy atom. The molecule has 6 N–H and O–H groups in total. The molecule has 0 saturated carbocycles. The maximum absolute atomic E-state index is 10.4. The van der Waals surface area contributed by atoms with Gasteiger partial charge in [0.1, 0.15) is 36.1 Å². The lowest BCUT2D eigenvalue weighted by molar-refractivity contribution is -0.310. The minimum atomic E-state index is -1.67. The van der Waals surface area contributed by atoms with E-state index in [1.54, 1.807) is 0 Å². The molecule has 9 heteroatoms. The lowest BCUT2D eigenvalue weighted by Gasteiger charge is -2.40. The lowest BCUT2D eigenvalue weighted by Crippen LogP contribution is -2.60. The fourth-order valence-corrected chi connectivity index (χ4v) is 2.84. The smallest absolute Gasteiger partial charge is 0.186 e. The standard InChI is InChI=1S/C14H26O9/c1-6(2)11-12(19)14(20,4-21-11)5-22-13-10(18)9(17)8(16)7(3-15)23-13/h6-13,15-20H,3-5H2,1-2H3/t7?,8-,9+,10?,11+,12-,13-,14?/m1/s1. The van der Waals surface area contributed by atoms with Crippen molar-refractivity contribution < 1.29 is 44.8 Å². The minimum absolute atomic E-state index is 0.00807. The fourth-order valence-electron chi connectivity index (χ4n) is 2.84. The van der Waals surface area contributed by atoms with Crippen molar-refractivity contribution in [2.45, 2.75) is 62.4 Å². The van der Waals surface area contributed by atoms with Crippen molar-refractivity contribution >= 4 is 0 Å². The van der Waals surface area contributed by atoms with E-state index >= 15 is 0 Å². The first-order valence-corrected chi connectivity index (χ1v) is 7.65. The highest BCUT2D eigenvalue weighted by molar-refractivity contribution is 4.98. The summed E-state index contributed by atoms with van der Waals surface area (Å²) in [5, 5.41) is 59.0. The molecule has 0 aromatic heterocycles. The van der Waals surface area contributed by atoms with Gasteiger partial charge in [-0.25, -0.2) is 0 Å². The molecule has 2 aliphatic heterocycles. The summed E-state index contributed by atoms with van der Waals surface area (Å²) in [7, 11) is 0. The monoisotopic (exact) mass is 338 g/mol. The van der Waals surface area contributed by atoms with Gasteiger partial charge in [0.15, 0.2) is 6.29 Å². The molecular formula is C14H26O9. The third-order valence-corrected chi connectivity index (χ3v) is 4.39. The van der Waals surface area contributed by atoms with Gasteiger partial charge < -0.3 is 44.8 Å². The van der Waals surface area contributed by atoms with Crippen LogP contribution < -0.4 is 0 Å². The van der Waals surface area contributed by atoms with Crippen LogP contribution in [0, 0.1) is 5.92 Å². The summed E-state index contributed by atoms with van der Waals surface area (Å²) in [6, 6.07) is 0. The van der Waals surface area contributed by atoms with Crippen molar-refractivity contribution in [1.29, 1.82) is 0 Å². The number of ether oxygens (including phenoxy) is 3. The molecule has 8 atom stereocenters. The minimum Gasteiger partial charge on any atom is -0.394 e. The highest BCUT2D eigenvalue weighted by Gasteiger charge is 2.51. The van der Waals surface area contributed by atoms with E-state index in [2.05, 4.69) is 0 Å². The van der Waals surface area contributed by atoms with Crippen molar-refractivity contribution in [2.24, 2.45) is 5.92 Å². The van der Waals surface area contributed by atoms with Crippen LogP contribution >= 0.6 is 0 Å². The first-order chi connectivity index (χ1) is 10.7. The zero-order valence-corrected chi connectivity index (χ0v) is 13.1. The zero-order valence-electron chi connectivity index (χ0n) is 13.1. The third-order valence-electron chi connectivity index (χ3n) is 4.39. The molecule has 2 heterocycles. The van der Waals surface area contributed by atoms with E-state index in [0.29, 0.717) is 0 Å². The Hall–Kier alpha value is -0.360. The third kappa shape index (κ3) is 3.68. The Morgan fingerprint density at radius 3 is 2.30 bits per heavy atom. The molecule has 2 aliphatic rings. The summed E-state index contributed by atoms with van der Waals surface area (Å²) in [5.74, 6) is -0.00807. The molecule has 0 bridgehead atoms. The average Bonchev–Trinajstić information content (AvgIpc) is 2.81. The largest absolute Gasteiger partial charge is 0.394 e. The molecule has 2 rings (SSSR count). The van der Waals surface area contributed by atoms with E-state index in [1.165, 1.54) is 0 Å². The molecular weight excluding hydrogens is 312 g/mol. The van der Waals surface area contributed by atoms with Gasteiger partial charge in [0.2, 0.25) is 0 Å². The second-order valence-corrected chi connectivity index (χ2v) is 6.58. The predicted molar refractivity (Wildman–Crippen MR) is 75.3 cm³/mol. The molecule has 0 spiro atoms. The van der Waals surface area contributed by atoms with Crippen LogP contribution in [-0.4, -0.2) is 99.0 Å². The van der Waals surface area contributed by atoms with Gasteiger partial charge in [0.05, 0.1) is 25.9 Å². The number of aliphatic hydroxyl groups is 6. The molecule has 2 saturated heterocycles. The second-order valence-electron chi connectivity index (χ2n) is 6.58. The molecule has 0 aromatic rings. The summed E-state index contributed by atoms with van der Waals surface area (Å²) in [6.45, 7) is 2.57. The van der Waals surface area contributed by atoms with Gasteiger partial charge in [-0.05, 0) is 5.92 Å². The van der Waals surface area contributed by atoms with E-state index in [9.17, 15) is 25.5 Å². The van der Waals surface area contributed by atoms with E-state index in [-0.39, 0.29) is 12.5 Å². The maximum atomic E-state index is 10.4. The van der Waals surface area contributed by atoms with Gasteiger partial charge >= 0.3 is 0 Å². The number of hydrogen-bond donors (Lipinski definition) is 6. The van der Waals surface area contributed by atoms with Crippen LogP contribution in [-0.2, 0) is 14.2 Å². The summed E-state index contributed by atoms with van der Waals surface area (Å²) < 4.78 is 15.8. The molecule has 136 valence electrons. The zero-order chi connectivity index (χ0) is 17.4. The van der Waals surface area contributed by atoms with Crippen LogP contribution in [0.5, 0.6) is 0 Å². The van der Waals surface area contributed by atoms with Crippen molar-refractivity contribution in [3.05, 3.63) is 0 Å².